The molecule has 4 aromatic rings. The number of hydrogen-bond acceptors (Lipinski definition) is 5. The minimum atomic E-state index is 0.459. The Morgan fingerprint density at radius 2 is 1.90 bits per heavy atom. The Bertz CT molecular complexity index is 1190. The van der Waals surface area contributed by atoms with E-state index in [1.165, 1.54) is 4.90 Å². The maximum absolute atomic E-state index is 10.9. The van der Waals surface area contributed by atoms with Crippen molar-refractivity contribution in [2.45, 2.75) is 0 Å². The summed E-state index contributed by atoms with van der Waals surface area (Å²) in [5.74, 6) is 2.24. The number of aromatic nitrogens is 3. The summed E-state index contributed by atoms with van der Waals surface area (Å²) in [6.45, 7) is 0. The topological polar surface area (TPSA) is 83.1 Å². The second kappa shape index (κ2) is 7.98. The van der Waals surface area contributed by atoms with Crippen LogP contribution in [0, 0.1) is 0 Å². The molecule has 0 bridgehead atoms. The van der Waals surface area contributed by atoms with Gasteiger partial charge in [-0.1, -0.05) is 23.2 Å². The van der Waals surface area contributed by atoms with Crippen molar-refractivity contribution in [3.8, 4) is 11.5 Å². The normalized spacial score (nSPS) is 10.7. The standard InChI is InChI=1S/C20H15Cl2N5O2/c1-27(11-28)19-10-14(6-7-23-19)29-13-3-5-17-18(9-13)26-20(25-17)24-12-2-4-15(21)16(22)8-12/h2-11H,1H3,(H2,24,25,26). The summed E-state index contributed by atoms with van der Waals surface area (Å²) in [7, 11) is 1.62. The zero-order valence-corrected chi connectivity index (χ0v) is 16.7. The zero-order chi connectivity index (χ0) is 20.4. The van der Waals surface area contributed by atoms with E-state index >= 15 is 0 Å². The number of imidazole rings is 1. The summed E-state index contributed by atoms with van der Waals surface area (Å²) in [5.41, 5.74) is 2.33. The van der Waals surface area contributed by atoms with Crippen LogP contribution in [-0.2, 0) is 4.79 Å². The Labute approximate surface area is 176 Å². The van der Waals surface area contributed by atoms with E-state index in [0.29, 0.717) is 39.7 Å². The maximum Gasteiger partial charge on any atom is 0.215 e. The van der Waals surface area contributed by atoms with E-state index in [2.05, 4.69) is 20.3 Å². The van der Waals surface area contributed by atoms with E-state index in [-0.39, 0.29) is 0 Å². The molecule has 0 unspecified atom stereocenters. The molecule has 0 aliphatic heterocycles. The van der Waals surface area contributed by atoms with Gasteiger partial charge < -0.3 is 19.9 Å². The molecular weight excluding hydrogens is 413 g/mol. The molecule has 2 N–H and O–H groups in total. The van der Waals surface area contributed by atoms with E-state index in [9.17, 15) is 4.79 Å². The number of anilines is 3. The van der Waals surface area contributed by atoms with Gasteiger partial charge in [0.25, 0.3) is 0 Å². The van der Waals surface area contributed by atoms with Gasteiger partial charge in [0.15, 0.2) is 0 Å². The van der Waals surface area contributed by atoms with Crippen molar-refractivity contribution in [2.75, 3.05) is 17.3 Å². The van der Waals surface area contributed by atoms with Crippen LogP contribution < -0.4 is 15.0 Å². The molecule has 0 saturated heterocycles. The number of fused-ring (bicyclic) bond motifs is 1. The van der Waals surface area contributed by atoms with Crippen LogP contribution in [0.4, 0.5) is 17.5 Å². The highest BCUT2D eigenvalue weighted by molar-refractivity contribution is 6.42. The number of nitrogens with one attached hydrogen (secondary N) is 2. The van der Waals surface area contributed by atoms with Crippen LogP contribution in [0.5, 0.6) is 11.5 Å². The molecule has 7 nitrogen and oxygen atoms in total. The van der Waals surface area contributed by atoms with Gasteiger partial charge >= 0.3 is 0 Å². The van der Waals surface area contributed by atoms with Crippen molar-refractivity contribution in [1.29, 1.82) is 0 Å². The van der Waals surface area contributed by atoms with Crippen LogP contribution in [0.2, 0.25) is 10.0 Å². The van der Waals surface area contributed by atoms with Crippen molar-refractivity contribution in [2.24, 2.45) is 0 Å². The highest BCUT2D eigenvalue weighted by Gasteiger charge is 2.08. The molecule has 1 amide bonds. The van der Waals surface area contributed by atoms with Gasteiger partial charge in [0, 0.05) is 31.1 Å². The summed E-state index contributed by atoms with van der Waals surface area (Å²) < 4.78 is 5.90. The molecule has 0 aliphatic carbocycles. The lowest BCUT2D eigenvalue weighted by molar-refractivity contribution is -0.107. The molecule has 0 aliphatic rings. The first-order valence-electron chi connectivity index (χ1n) is 8.56. The van der Waals surface area contributed by atoms with Gasteiger partial charge in [-0.25, -0.2) is 9.97 Å². The van der Waals surface area contributed by atoms with E-state index in [4.69, 9.17) is 27.9 Å². The summed E-state index contributed by atoms with van der Waals surface area (Å²) in [4.78, 5) is 24.1. The van der Waals surface area contributed by atoms with Gasteiger partial charge in [0.2, 0.25) is 12.4 Å². The third kappa shape index (κ3) is 4.26. The molecule has 0 radical (unpaired) electrons. The van der Waals surface area contributed by atoms with Crippen molar-refractivity contribution < 1.29 is 9.53 Å². The van der Waals surface area contributed by atoms with Crippen LogP contribution in [0.3, 0.4) is 0 Å². The summed E-state index contributed by atoms with van der Waals surface area (Å²) in [6.07, 6.45) is 2.27. The summed E-state index contributed by atoms with van der Waals surface area (Å²) in [5, 5.41) is 4.11. The van der Waals surface area contributed by atoms with Crippen molar-refractivity contribution in [3.05, 3.63) is 64.8 Å². The Hall–Kier alpha value is -3.29. The fourth-order valence-electron chi connectivity index (χ4n) is 2.67. The third-order valence-corrected chi connectivity index (χ3v) is 4.85. The molecule has 2 heterocycles. The van der Waals surface area contributed by atoms with Crippen molar-refractivity contribution in [3.63, 3.8) is 0 Å². The van der Waals surface area contributed by atoms with Gasteiger partial charge in [-0.05, 0) is 36.4 Å². The average Bonchev–Trinajstić information content (AvgIpc) is 3.12. The largest absolute Gasteiger partial charge is 0.457 e. The zero-order valence-electron chi connectivity index (χ0n) is 15.2. The molecule has 9 heteroatoms. The molecule has 0 fully saturated rings. The Balaban J connectivity index is 1.55. The quantitative estimate of drug-likeness (QED) is 0.402. The van der Waals surface area contributed by atoms with Crippen LogP contribution >= 0.6 is 23.2 Å². The van der Waals surface area contributed by atoms with E-state index in [0.717, 1.165) is 16.7 Å². The molecule has 0 saturated carbocycles. The van der Waals surface area contributed by atoms with E-state index in [1.54, 1.807) is 37.5 Å². The Morgan fingerprint density at radius 3 is 2.69 bits per heavy atom. The van der Waals surface area contributed by atoms with Gasteiger partial charge in [0.05, 0.1) is 21.1 Å². The monoisotopic (exact) mass is 427 g/mol. The molecule has 4 rings (SSSR count). The number of benzene rings is 2. The maximum atomic E-state index is 10.9. The van der Waals surface area contributed by atoms with Gasteiger partial charge in [-0.3, -0.25) is 4.79 Å². The summed E-state index contributed by atoms with van der Waals surface area (Å²) in [6, 6.07) is 14.2. The Morgan fingerprint density at radius 1 is 1.07 bits per heavy atom. The van der Waals surface area contributed by atoms with Crippen molar-refractivity contribution >= 4 is 58.1 Å². The first-order chi connectivity index (χ1) is 14.0. The number of rotatable bonds is 6. The number of carbonyl (C=O) groups excluding carboxylic acids is 1. The third-order valence-electron chi connectivity index (χ3n) is 4.11. The predicted octanol–water partition coefficient (Wildman–Crippen LogP) is 5.39. The second-order valence-electron chi connectivity index (χ2n) is 6.19. The number of pyridine rings is 1. The number of halogens is 2. The van der Waals surface area contributed by atoms with E-state index < -0.39 is 0 Å². The molecule has 146 valence electrons. The number of carbonyl (C=O) groups is 1. The SMILES string of the molecule is CN(C=O)c1cc(Oc2ccc3nc(Nc4ccc(Cl)c(Cl)c4)[nH]c3c2)ccn1. The fraction of sp³-hybridized carbons (Fsp3) is 0.0500. The van der Waals surface area contributed by atoms with E-state index in [1.807, 2.05) is 24.3 Å². The molecule has 2 aromatic carbocycles. The summed E-state index contributed by atoms with van der Waals surface area (Å²) >= 11 is 12.0. The lowest BCUT2D eigenvalue weighted by Crippen LogP contribution is -2.14. The number of hydrogen-bond donors (Lipinski definition) is 2. The van der Waals surface area contributed by atoms with Crippen molar-refractivity contribution in [1.82, 2.24) is 15.0 Å². The fourth-order valence-corrected chi connectivity index (χ4v) is 2.97. The first kappa shape index (κ1) is 19.0. The van der Waals surface area contributed by atoms with Crippen LogP contribution in [0.15, 0.2) is 54.7 Å². The number of nitrogens with zero attached hydrogens (tertiary/aromatic N) is 3. The molecule has 0 atom stereocenters. The van der Waals surface area contributed by atoms with Crippen LogP contribution in [0.1, 0.15) is 0 Å². The van der Waals surface area contributed by atoms with Crippen LogP contribution in [-0.4, -0.2) is 28.4 Å². The highest BCUT2D eigenvalue weighted by Crippen LogP contribution is 2.29. The molecule has 2 aromatic heterocycles. The number of ether oxygens (including phenoxy) is 1. The predicted molar refractivity (Wildman–Crippen MR) is 115 cm³/mol. The number of aromatic amines is 1. The lowest BCUT2D eigenvalue weighted by Gasteiger charge is -2.11. The molecular formula is C20H15Cl2N5O2. The second-order valence-corrected chi connectivity index (χ2v) is 7.00. The highest BCUT2D eigenvalue weighted by atomic mass is 35.5. The number of amides is 1. The number of H-pyrrole nitrogens is 1. The first-order valence-corrected chi connectivity index (χ1v) is 9.31. The minimum absolute atomic E-state index is 0.459. The minimum Gasteiger partial charge on any atom is -0.457 e. The molecule has 0 spiro atoms. The lowest BCUT2D eigenvalue weighted by atomic mass is 10.3. The van der Waals surface area contributed by atoms with Crippen LogP contribution in [0.25, 0.3) is 11.0 Å². The Kier molecular flexibility index (Phi) is 5.24. The average molecular weight is 428 g/mol. The van der Waals surface area contributed by atoms with Gasteiger partial charge in [0.1, 0.15) is 17.3 Å². The smallest absolute Gasteiger partial charge is 0.215 e. The van der Waals surface area contributed by atoms with Gasteiger partial charge in [-0.15, -0.1) is 0 Å². The van der Waals surface area contributed by atoms with Gasteiger partial charge in [-0.2, -0.15) is 0 Å². The molecule has 29 heavy (non-hydrogen) atoms.